The summed E-state index contributed by atoms with van der Waals surface area (Å²) >= 11 is 0. The van der Waals surface area contributed by atoms with Crippen molar-refractivity contribution in [3.8, 4) is 11.5 Å². The van der Waals surface area contributed by atoms with E-state index >= 15 is 0 Å². The second-order valence-corrected chi connectivity index (χ2v) is 9.61. The number of hydrogen-bond acceptors (Lipinski definition) is 5. The van der Waals surface area contributed by atoms with Gasteiger partial charge in [-0.15, -0.1) is 0 Å². The van der Waals surface area contributed by atoms with Gasteiger partial charge in [0.1, 0.15) is 48.4 Å². The normalized spacial score (nSPS) is 16.7. The lowest BCUT2D eigenvalue weighted by molar-refractivity contribution is -0.137. The number of carbonyl (C=O) groups excluding carboxylic acids is 2. The van der Waals surface area contributed by atoms with Crippen molar-refractivity contribution >= 4 is 17.5 Å². The molecule has 0 radical (unpaired) electrons. The molecule has 8 nitrogen and oxygen atoms in total. The fourth-order valence-electron chi connectivity index (χ4n) is 4.74. The van der Waals surface area contributed by atoms with Crippen LogP contribution >= 0.6 is 0 Å². The summed E-state index contributed by atoms with van der Waals surface area (Å²) in [6.07, 6.45) is 3.89. The molecule has 1 aliphatic rings. The molecule has 200 valence electrons. The van der Waals surface area contributed by atoms with Crippen molar-refractivity contribution in [3.63, 3.8) is 0 Å². The van der Waals surface area contributed by atoms with Crippen LogP contribution in [0.1, 0.15) is 17.5 Å². The van der Waals surface area contributed by atoms with Gasteiger partial charge in [-0.3, -0.25) is 9.59 Å². The number of nitrogens with zero attached hydrogens (tertiary/aromatic N) is 4. The molecule has 2 amide bonds. The molecule has 0 spiro atoms. The van der Waals surface area contributed by atoms with Crippen molar-refractivity contribution in [2.75, 3.05) is 11.9 Å². The topological polar surface area (TPSA) is 89.4 Å². The van der Waals surface area contributed by atoms with Gasteiger partial charge in [0.15, 0.2) is 0 Å². The number of halogens is 2. The molecule has 4 aromatic rings. The molecule has 1 aromatic heterocycles. The molecule has 2 atom stereocenters. The zero-order valence-electron chi connectivity index (χ0n) is 21.3. The summed E-state index contributed by atoms with van der Waals surface area (Å²) in [5, 5.41) is 6.90. The van der Waals surface area contributed by atoms with Crippen LogP contribution in [-0.4, -0.2) is 44.1 Å². The molecular formula is C29H27F2N5O3. The molecule has 0 bridgehead atoms. The van der Waals surface area contributed by atoms with E-state index in [1.165, 1.54) is 35.5 Å². The maximum absolute atomic E-state index is 13.5. The van der Waals surface area contributed by atoms with E-state index in [9.17, 15) is 18.4 Å². The summed E-state index contributed by atoms with van der Waals surface area (Å²) in [4.78, 5) is 32.0. The number of ether oxygens (including phenoxy) is 1. The molecule has 1 N–H and O–H groups in total. The molecule has 39 heavy (non-hydrogen) atoms. The minimum Gasteiger partial charge on any atom is -0.457 e. The van der Waals surface area contributed by atoms with Crippen molar-refractivity contribution in [2.45, 2.75) is 32.4 Å². The number of aromatic nitrogens is 3. The van der Waals surface area contributed by atoms with E-state index < -0.39 is 6.04 Å². The molecule has 0 aliphatic carbocycles. The zero-order chi connectivity index (χ0) is 27.4. The molecule has 1 fully saturated rings. The Morgan fingerprint density at radius 3 is 2.46 bits per heavy atom. The highest BCUT2D eigenvalue weighted by molar-refractivity contribution is 5.97. The summed E-state index contributed by atoms with van der Waals surface area (Å²) in [6.45, 7) is 2.03. The van der Waals surface area contributed by atoms with Gasteiger partial charge in [-0.05, 0) is 91.4 Å². The Morgan fingerprint density at radius 1 is 1.03 bits per heavy atom. The number of likely N-dealkylation sites (tertiary alicyclic amines) is 1. The number of aryl methyl sites for hydroxylation is 1. The monoisotopic (exact) mass is 531 g/mol. The van der Waals surface area contributed by atoms with Crippen molar-refractivity contribution in [3.05, 3.63) is 102 Å². The van der Waals surface area contributed by atoms with E-state index in [2.05, 4.69) is 15.4 Å². The van der Waals surface area contributed by atoms with Gasteiger partial charge < -0.3 is 15.0 Å². The third-order valence-electron chi connectivity index (χ3n) is 6.70. The van der Waals surface area contributed by atoms with Crippen LogP contribution in [0, 0.1) is 24.5 Å². The molecule has 0 saturated carbocycles. The average molecular weight is 532 g/mol. The van der Waals surface area contributed by atoms with Gasteiger partial charge in [-0.25, -0.2) is 18.4 Å². The lowest BCUT2D eigenvalue weighted by atomic mass is 9.96. The van der Waals surface area contributed by atoms with E-state index in [0.29, 0.717) is 42.1 Å². The lowest BCUT2D eigenvalue weighted by Crippen LogP contribution is -2.44. The minimum atomic E-state index is -0.676. The molecule has 1 aliphatic heterocycles. The van der Waals surface area contributed by atoms with Crippen molar-refractivity contribution in [2.24, 2.45) is 5.92 Å². The first-order valence-corrected chi connectivity index (χ1v) is 12.6. The van der Waals surface area contributed by atoms with Crippen molar-refractivity contribution < 1.29 is 23.1 Å². The Labute approximate surface area is 224 Å². The number of amides is 2. The third kappa shape index (κ3) is 6.46. The quantitative estimate of drug-likeness (QED) is 0.354. The second-order valence-electron chi connectivity index (χ2n) is 9.61. The molecule has 10 heteroatoms. The Balaban J connectivity index is 1.26. The van der Waals surface area contributed by atoms with Crippen LogP contribution in [-0.2, 0) is 22.6 Å². The summed E-state index contributed by atoms with van der Waals surface area (Å²) in [6, 6.07) is 16.9. The second kappa shape index (κ2) is 11.4. The third-order valence-corrected chi connectivity index (χ3v) is 6.70. The van der Waals surface area contributed by atoms with Crippen LogP contribution in [0.15, 0.2) is 79.4 Å². The maximum Gasteiger partial charge on any atom is 0.247 e. The van der Waals surface area contributed by atoms with Crippen LogP contribution in [0.25, 0.3) is 0 Å². The number of hydrogen-bond donors (Lipinski definition) is 1. The van der Waals surface area contributed by atoms with Gasteiger partial charge in [-0.1, -0.05) is 12.1 Å². The number of nitrogens with one attached hydrogen (secondary N) is 1. The fraction of sp³-hybridized carbons (Fsp3) is 0.241. The summed E-state index contributed by atoms with van der Waals surface area (Å²) in [5.74, 6) is -0.0839. The highest BCUT2D eigenvalue weighted by Crippen LogP contribution is 2.29. The highest BCUT2D eigenvalue weighted by Gasteiger charge is 2.39. The largest absolute Gasteiger partial charge is 0.457 e. The smallest absolute Gasteiger partial charge is 0.247 e. The molecular weight excluding hydrogens is 504 g/mol. The van der Waals surface area contributed by atoms with Crippen LogP contribution in [0.4, 0.5) is 14.5 Å². The summed E-state index contributed by atoms with van der Waals surface area (Å²) in [7, 11) is 0. The van der Waals surface area contributed by atoms with E-state index in [4.69, 9.17) is 4.74 Å². The van der Waals surface area contributed by atoms with E-state index in [-0.39, 0.29) is 35.9 Å². The number of anilines is 1. The molecule has 5 rings (SSSR count). The van der Waals surface area contributed by atoms with E-state index in [0.717, 1.165) is 5.56 Å². The predicted octanol–water partition coefficient (Wildman–Crippen LogP) is 4.76. The van der Waals surface area contributed by atoms with Crippen LogP contribution < -0.4 is 10.1 Å². The van der Waals surface area contributed by atoms with Crippen LogP contribution in [0.5, 0.6) is 11.5 Å². The van der Waals surface area contributed by atoms with Crippen molar-refractivity contribution in [1.82, 2.24) is 19.7 Å². The predicted molar refractivity (Wildman–Crippen MR) is 140 cm³/mol. The lowest BCUT2D eigenvalue weighted by Gasteiger charge is -2.24. The molecule has 3 aromatic carbocycles. The SMILES string of the molecule is Cc1cc(Oc2ccc(NC(=O)[C@@H]3C[C@@H](Cc4ccc(F)cc4)CN3C(=O)Cn3cncn3)cc2)ccc1F. The van der Waals surface area contributed by atoms with E-state index in [1.54, 1.807) is 60.4 Å². The Bertz CT molecular complexity index is 1440. The summed E-state index contributed by atoms with van der Waals surface area (Å²) in [5.41, 5.74) is 1.97. The maximum atomic E-state index is 13.5. The summed E-state index contributed by atoms with van der Waals surface area (Å²) < 4.78 is 34.1. The van der Waals surface area contributed by atoms with E-state index in [1.807, 2.05) is 0 Å². The molecule has 0 unspecified atom stereocenters. The molecule has 1 saturated heterocycles. The number of rotatable bonds is 8. The standard InChI is InChI=1S/C29H27F2N5O3/c1-19-12-25(10-11-26(19)31)39-24-8-6-23(7-9-24)34-29(38)27-14-21(13-20-2-4-22(30)5-3-20)15-36(27)28(37)16-35-18-32-17-33-35/h2-12,17-18,21,27H,13-16H2,1H3,(H,34,38)/t21-,27+/m1/s1. The first kappa shape index (κ1) is 26.0. The average Bonchev–Trinajstić information content (AvgIpc) is 3.59. The van der Waals surface area contributed by atoms with Gasteiger partial charge in [0, 0.05) is 12.2 Å². The Kier molecular flexibility index (Phi) is 7.62. The van der Waals surface area contributed by atoms with Crippen molar-refractivity contribution in [1.29, 1.82) is 0 Å². The number of carbonyl (C=O) groups is 2. The van der Waals surface area contributed by atoms with Crippen LogP contribution in [0.3, 0.4) is 0 Å². The van der Waals surface area contributed by atoms with Gasteiger partial charge >= 0.3 is 0 Å². The zero-order valence-corrected chi connectivity index (χ0v) is 21.3. The van der Waals surface area contributed by atoms with Crippen LogP contribution in [0.2, 0.25) is 0 Å². The highest BCUT2D eigenvalue weighted by atomic mass is 19.1. The first-order valence-electron chi connectivity index (χ1n) is 12.6. The Morgan fingerprint density at radius 2 is 1.77 bits per heavy atom. The van der Waals surface area contributed by atoms with Gasteiger partial charge in [-0.2, -0.15) is 5.10 Å². The Hall–Kier alpha value is -4.60. The van der Waals surface area contributed by atoms with Gasteiger partial charge in [0.25, 0.3) is 0 Å². The van der Waals surface area contributed by atoms with Gasteiger partial charge in [0.05, 0.1) is 0 Å². The van der Waals surface area contributed by atoms with Gasteiger partial charge in [0.2, 0.25) is 11.8 Å². The number of benzene rings is 3. The molecule has 2 heterocycles. The minimum absolute atomic E-state index is 0.0258. The fourth-order valence-corrected chi connectivity index (χ4v) is 4.74. The first-order chi connectivity index (χ1) is 18.8.